The molecule has 30 heavy (non-hydrogen) atoms. The zero-order valence-electron chi connectivity index (χ0n) is 16.7. The number of hydrogen-bond donors (Lipinski definition) is 1. The molecule has 3 heterocycles. The van der Waals surface area contributed by atoms with Crippen LogP contribution in [-0.4, -0.2) is 31.8 Å². The van der Waals surface area contributed by atoms with Crippen LogP contribution in [0.1, 0.15) is 37.3 Å². The number of benzene rings is 1. The number of methoxy groups -OCH3 is 1. The first-order chi connectivity index (χ1) is 14.7. The highest BCUT2D eigenvalue weighted by atomic mass is 32.2. The molecule has 0 bridgehead atoms. The molecular weight excluding hydrogens is 418 g/mol. The van der Waals surface area contributed by atoms with E-state index in [0.717, 1.165) is 39.2 Å². The molecule has 7 nitrogen and oxygen atoms in total. The maximum atomic E-state index is 12.6. The molecule has 0 atom stereocenters. The fourth-order valence-electron chi connectivity index (χ4n) is 3.43. The predicted molar refractivity (Wildman–Crippen MR) is 119 cm³/mol. The maximum absolute atomic E-state index is 12.6. The molecule has 1 aromatic carbocycles. The highest BCUT2D eigenvalue weighted by molar-refractivity contribution is 7.98. The lowest BCUT2D eigenvalue weighted by Gasteiger charge is -2.06. The van der Waals surface area contributed by atoms with Gasteiger partial charge in [-0.1, -0.05) is 11.8 Å². The lowest BCUT2D eigenvalue weighted by Crippen LogP contribution is -2.09. The quantitative estimate of drug-likeness (QED) is 0.429. The molecule has 1 fully saturated rings. The summed E-state index contributed by atoms with van der Waals surface area (Å²) in [5.41, 5.74) is 1.66. The zero-order valence-corrected chi connectivity index (χ0v) is 18.3. The fraction of sp³-hybridized carbons (Fsp3) is 0.333. The fourth-order valence-corrected chi connectivity index (χ4v) is 5.31. The summed E-state index contributed by atoms with van der Waals surface area (Å²) < 4.78 is 8.03. The van der Waals surface area contributed by atoms with Crippen LogP contribution < -0.4 is 10.3 Å². The number of aromatic amines is 1. The van der Waals surface area contributed by atoms with Crippen LogP contribution in [0.5, 0.6) is 5.75 Å². The first kappa shape index (κ1) is 19.3. The molecule has 0 aliphatic heterocycles. The van der Waals surface area contributed by atoms with Crippen LogP contribution in [-0.2, 0) is 12.3 Å². The molecule has 0 saturated heterocycles. The molecule has 1 saturated carbocycles. The second kappa shape index (κ2) is 7.88. The van der Waals surface area contributed by atoms with E-state index in [9.17, 15) is 4.79 Å². The number of ether oxygens (including phenoxy) is 1. The van der Waals surface area contributed by atoms with E-state index in [1.807, 2.05) is 30.3 Å². The lowest BCUT2D eigenvalue weighted by molar-refractivity contribution is 0.415. The van der Waals surface area contributed by atoms with Gasteiger partial charge in [-0.2, -0.15) is 0 Å². The van der Waals surface area contributed by atoms with E-state index in [1.54, 1.807) is 18.9 Å². The van der Waals surface area contributed by atoms with Gasteiger partial charge < -0.3 is 14.3 Å². The number of nitrogens with zero attached hydrogens (tertiary/aromatic N) is 4. The Balaban J connectivity index is 1.40. The third-order valence-electron chi connectivity index (χ3n) is 5.15. The monoisotopic (exact) mass is 439 g/mol. The topological polar surface area (TPSA) is 85.7 Å². The van der Waals surface area contributed by atoms with E-state index in [2.05, 4.69) is 26.7 Å². The number of aromatic nitrogens is 5. The summed E-state index contributed by atoms with van der Waals surface area (Å²) in [5, 5.41) is 9.61. The van der Waals surface area contributed by atoms with Gasteiger partial charge in [0.2, 0.25) is 0 Å². The highest BCUT2D eigenvalue weighted by Gasteiger charge is 2.30. The van der Waals surface area contributed by atoms with E-state index in [4.69, 9.17) is 9.72 Å². The smallest absolute Gasteiger partial charge is 0.268 e. The Kier molecular flexibility index (Phi) is 5.08. The van der Waals surface area contributed by atoms with Crippen molar-refractivity contribution in [2.45, 2.75) is 43.1 Å². The second-order valence-electron chi connectivity index (χ2n) is 7.21. The van der Waals surface area contributed by atoms with Gasteiger partial charge in [0, 0.05) is 17.3 Å². The molecule has 0 radical (unpaired) electrons. The van der Waals surface area contributed by atoms with Crippen molar-refractivity contribution in [2.24, 2.45) is 0 Å². The molecular formula is C21H21N5O2S2. The van der Waals surface area contributed by atoms with E-state index >= 15 is 0 Å². The molecule has 3 aromatic heterocycles. The molecule has 9 heteroatoms. The predicted octanol–water partition coefficient (Wildman–Crippen LogP) is 4.44. The van der Waals surface area contributed by atoms with Crippen molar-refractivity contribution < 1.29 is 4.74 Å². The second-order valence-corrected chi connectivity index (χ2v) is 9.21. The summed E-state index contributed by atoms with van der Waals surface area (Å²) in [5.74, 6) is 3.64. The SMILES string of the molecule is CCn1c(SCc2nc3cc(-c4ccc(OC)cc4)sc3c(=O)[nH]2)nnc1C1CC1. The summed E-state index contributed by atoms with van der Waals surface area (Å²) >= 11 is 3.01. The third kappa shape index (κ3) is 3.63. The van der Waals surface area contributed by atoms with Crippen molar-refractivity contribution in [2.75, 3.05) is 7.11 Å². The maximum Gasteiger partial charge on any atom is 0.268 e. The molecule has 1 aliphatic carbocycles. The van der Waals surface area contributed by atoms with Crippen molar-refractivity contribution in [1.29, 1.82) is 0 Å². The summed E-state index contributed by atoms with van der Waals surface area (Å²) in [6.45, 7) is 2.96. The standard InChI is InChI=1S/C21H21N5O2S2/c1-3-26-19(13-4-5-13)24-25-21(26)29-11-17-22-15-10-16(30-18(15)20(27)23-17)12-6-8-14(28-2)9-7-12/h6-10,13H,3-5,11H2,1-2H3,(H,22,23,27). The molecule has 5 rings (SSSR count). The molecule has 1 aliphatic rings. The summed E-state index contributed by atoms with van der Waals surface area (Å²) in [7, 11) is 1.65. The van der Waals surface area contributed by atoms with E-state index in [1.165, 1.54) is 24.2 Å². The van der Waals surface area contributed by atoms with E-state index in [-0.39, 0.29) is 5.56 Å². The Hall–Kier alpha value is -2.65. The van der Waals surface area contributed by atoms with Gasteiger partial charge in [-0.15, -0.1) is 21.5 Å². The first-order valence-corrected chi connectivity index (χ1v) is 11.7. The Labute approximate surface area is 181 Å². The van der Waals surface area contributed by atoms with Gasteiger partial charge in [0.05, 0.1) is 18.4 Å². The summed E-state index contributed by atoms with van der Waals surface area (Å²) in [4.78, 5) is 21.3. The average molecular weight is 440 g/mol. The minimum atomic E-state index is -0.101. The van der Waals surface area contributed by atoms with Crippen molar-refractivity contribution in [3.05, 3.63) is 52.3 Å². The molecule has 1 N–H and O–H groups in total. The summed E-state index contributed by atoms with van der Waals surface area (Å²) in [6, 6.07) is 9.79. The molecule has 0 spiro atoms. The van der Waals surface area contributed by atoms with E-state index in [0.29, 0.717) is 22.2 Å². The van der Waals surface area contributed by atoms with Crippen molar-refractivity contribution in [3.63, 3.8) is 0 Å². The Morgan fingerprint density at radius 1 is 1.27 bits per heavy atom. The molecule has 0 unspecified atom stereocenters. The Morgan fingerprint density at radius 3 is 2.77 bits per heavy atom. The molecule has 4 aromatic rings. The van der Waals surface area contributed by atoms with Crippen LogP contribution in [0.3, 0.4) is 0 Å². The van der Waals surface area contributed by atoms with Crippen LogP contribution in [0.4, 0.5) is 0 Å². The van der Waals surface area contributed by atoms with Gasteiger partial charge >= 0.3 is 0 Å². The zero-order chi connectivity index (χ0) is 20.7. The first-order valence-electron chi connectivity index (χ1n) is 9.89. The van der Waals surface area contributed by atoms with Crippen molar-refractivity contribution in [3.8, 4) is 16.2 Å². The number of hydrogen-bond acceptors (Lipinski definition) is 7. The minimum Gasteiger partial charge on any atom is -0.497 e. The van der Waals surface area contributed by atoms with Crippen LogP contribution in [0, 0.1) is 0 Å². The third-order valence-corrected chi connectivity index (χ3v) is 7.30. The average Bonchev–Trinajstić information content (AvgIpc) is 3.38. The van der Waals surface area contributed by atoms with Crippen molar-refractivity contribution >= 4 is 33.3 Å². The van der Waals surface area contributed by atoms with Crippen LogP contribution >= 0.6 is 23.1 Å². The number of thioether (sulfide) groups is 1. The van der Waals surface area contributed by atoms with Crippen molar-refractivity contribution in [1.82, 2.24) is 24.7 Å². The van der Waals surface area contributed by atoms with Crippen LogP contribution in [0.25, 0.3) is 20.7 Å². The van der Waals surface area contributed by atoms with Gasteiger partial charge in [0.25, 0.3) is 5.56 Å². The summed E-state index contributed by atoms with van der Waals surface area (Å²) in [6.07, 6.45) is 2.39. The van der Waals surface area contributed by atoms with Gasteiger partial charge in [-0.25, -0.2) is 4.98 Å². The van der Waals surface area contributed by atoms with Crippen LogP contribution in [0.15, 0.2) is 40.3 Å². The molecule has 154 valence electrons. The lowest BCUT2D eigenvalue weighted by atomic mass is 10.2. The van der Waals surface area contributed by atoms with Gasteiger partial charge in [0.15, 0.2) is 5.16 Å². The number of rotatable bonds is 7. The normalized spacial score (nSPS) is 13.8. The molecule has 0 amide bonds. The number of thiophene rings is 1. The Bertz CT molecular complexity index is 1250. The van der Waals surface area contributed by atoms with Gasteiger partial charge in [-0.05, 0) is 55.7 Å². The minimum absolute atomic E-state index is 0.101. The number of H-pyrrole nitrogens is 1. The number of nitrogens with one attached hydrogen (secondary N) is 1. The largest absolute Gasteiger partial charge is 0.497 e. The van der Waals surface area contributed by atoms with E-state index < -0.39 is 0 Å². The van der Waals surface area contributed by atoms with Gasteiger partial charge in [0.1, 0.15) is 22.1 Å². The Morgan fingerprint density at radius 2 is 2.07 bits per heavy atom. The van der Waals surface area contributed by atoms with Crippen LogP contribution in [0.2, 0.25) is 0 Å². The highest BCUT2D eigenvalue weighted by Crippen LogP contribution is 2.40. The number of fused-ring (bicyclic) bond motifs is 1. The van der Waals surface area contributed by atoms with Gasteiger partial charge in [-0.3, -0.25) is 4.79 Å².